The van der Waals surface area contributed by atoms with E-state index in [-0.39, 0.29) is 0 Å². The van der Waals surface area contributed by atoms with Gasteiger partial charge in [-0.3, -0.25) is 4.79 Å². The molecule has 1 aliphatic carbocycles. The molecule has 0 N–H and O–H groups in total. The molecule has 1 aromatic rings. The van der Waals surface area contributed by atoms with Gasteiger partial charge in [0.25, 0.3) is 0 Å². The fraction of sp³-hybridized carbons (Fsp3) is 0.632. The molecule has 2 aliphatic heterocycles. The molecule has 2 heterocycles. The summed E-state index contributed by atoms with van der Waals surface area (Å²) in [6.45, 7) is 4.13. The molecule has 3 heteroatoms. The zero-order chi connectivity index (χ0) is 14.9. The van der Waals surface area contributed by atoms with Crippen molar-refractivity contribution in [2.75, 3.05) is 24.5 Å². The van der Waals surface area contributed by atoms with E-state index in [1.54, 1.807) is 0 Å². The van der Waals surface area contributed by atoms with Crippen molar-refractivity contribution in [3.63, 3.8) is 0 Å². The van der Waals surface area contributed by atoms with E-state index < -0.39 is 0 Å². The van der Waals surface area contributed by atoms with Crippen molar-refractivity contribution < 1.29 is 4.79 Å². The zero-order valence-electron chi connectivity index (χ0n) is 13.4. The van der Waals surface area contributed by atoms with Gasteiger partial charge >= 0.3 is 0 Å². The van der Waals surface area contributed by atoms with Gasteiger partial charge in [0.15, 0.2) is 0 Å². The van der Waals surface area contributed by atoms with E-state index in [0.29, 0.717) is 11.8 Å². The molecule has 0 spiro atoms. The second kappa shape index (κ2) is 5.94. The van der Waals surface area contributed by atoms with E-state index in [1.807, 2.05) is 0 Å². The Balaban J connectivity index is 1.48. The molecule has 4 rings (SSSR count). The Labute approximate surface area is 133 Å². The third kappa shape index (κ3) is 2.62. The van der Waals surface area contributed by atoms with Crippen molar-refractivity contribution in [2.24, 2.45) is 5.92 Å². The first kappa shape index (κ1) is 14.1. The number of amides is 1. The maximum Gasteiger partial charge on any atom is 0.225 e. The average molecular weight is 298 g/mol. The molecule has 118 valence electrons. The van der Waals surface area contributed by atoms with Crippen LogP contribution in [0.2, 0.25) is 0 Å². The second-order valence-electron chi connectivity index (χ2n) is 7.14. The van der Waals surface area contributed by atoms with Crippen molar-refractivity contribution >= 4 is 11.6 Å². The van der Waals surface area contributed by atoms with Crippen LogP contribution in [-0.2, 0) is 17.8 Å². The standard InChI is InChI=1S/C19H26N2O/c22-19(15-5-1-2-6-15)21-12-9-16-13-18(8-7-17(16)14-21)20-10-3-4-11-20/h7-8,13,15H,1-6,9-12,14H2. The summed E-state index contributed by atoms with van der Waals surface area (Å²) in [6.07, 6.45) is 8.35. The number of rotatable bonds is 2. The predicted octanol–water partition coefficient (Wildman–Crippen LogP) is 3.36. The van der Waals surface area contributed by atoms with E-state index in [9.17, 15) is 4.79 Å². The van der Waals surface area contributed by atoms with Crippen LogP contribution in [-0.4, -0.2) is 30.4 Å². The summed E-state index contributed by atoms with van der Waals surface area (Å²) < 4.78 is 0. The third-order valence-electron chi connectivity index (χ3n) is 5.69. The van der Waals surface area contributed by atoms with Gasteiger partial charge in [-0.1, -0.05) is 18.9 Å². The first-order valence-corrected chi connectivity index (χ1v) is 8.97. The summed E-state index contributed by atoms with van der Waals surface area (Å²) in [6, 6.07) is 6.89. The Kier molecular flexibility index (Phi) is 3.81. The van der Waals surface area contributed by atoms with Crippen LogP contribution >= 0.6 is 0 Å². The summed E-state index contributed by atoms with van der Waals surface area (Å²) in [5, 5.41) is 0. The maximum atomic E-state index is 12.6. The summed E-state index contributed by atoms with van der Waals surface area (Å²) in [4.78, 5) is 17.2. The number of anilines is 1. The van der Waals surface area contributed by atoms with Gasteiger partial charge in [0, 0.05) is 37.8 Å². The van der Waals surface area contributed by atoms with Crippen LogP contribution in [0.4, 0.5) is 5.69 Å². The summed E-state index contributed by atoms with van der Waals surface area (Å²) in [5.74, 6) is 0.720. The topological polar surface area (TPSA) is 23.6 Å². The fourth-order valence-corrected chi connectivity index (χ4v) is 4.33. The van der Waals surface area contributed by atoms with Crippen molar-refractivity contribution in [3.05, 3.63) is 29.3 Å². The van der Waals surface area contributed by atoms with Gasteiger partial charge in [0.1, 0.15) is 0 Å². The van der Waals surface area contributed by atoms with Gasteiger partial charge in [-0.2, -0.15) is 0 Å². The zero-order valence-corrected chi connectivity index (χ0v) is 13.4. The molecule has 0 aromatic heterocycles. The second-order valence-corrected chi connectivity index (χ2v) is 7.14. The summed E-state index contributed by atoms with van der Waals surface area (Å²) >= 11 is 0. The van der Waals surface area contributed by atoms with Crippen LogP contribution in [0.1, 0.15) is 49.7 Å². The van der Waals surface area contributed by atoms with E-state index >= 15 is 0 Å². The molecule has 3 nitrogen and oxygen atoms in total. The summed E-state index contributed by atoms with van der Waals surface area (Å²) in [7, 11) is 0. The van der Waals surface area contributed by atoms with Gasteiger partial charge in [-0.25, -0.2) is 0 Å². The van der Waals surface area contributed by atoms with Gasteiger partial charge in [0.05, 0.1) is 0 Å². The van der Waals surface area contributed by atoms with E-state index in [4.69, 9.17) is 0 Å². The van der Waals surface area contributed by atoms with Crippen LogP contribution in [0.15, 0.2) is 18.2 Å². The van der Waals surface area contributed by atoms with Gasteiger partial charge in [-0.15, -0.1) is 0 Å². The number of nitrogens with zero attached hydrogens (tertiary/aromatic N) is 2. The van der Waals surface area contributed by atoms with Crippen molar-refractivity contribution in [1.29, 1.82) is 0 Å². The molecule has 1 saturated carbocycles. The number of hydrogen-bond donors (Lipinski definition) is 0. The quantitative estimate of drug-likeness (QED) is 0.836. The van der Waals surface area contributed by atoms with E-state index in [2.05, 4.69) is 28.0 Å². The van der Waals surface area contributed by atoms with Gasteiger partial charge in [-0.05, 0) is 55.4 Å². The fourth-order valence-electron chi connectivity index (χ4n) is 4.33. The van der Waals surface area contributed by atoms with Crippen molar-refractivity contribution in [3.8, 4) is 0 Å². The van der Waals surface area contributed by atoms with E-state index in [0.717, 1.165) is 32.4 Å². The first-order chi connectivity index (χ1) is 10.8. The number of hydrogen-bond acceptors (Lipinski definition) is 2. The lowest BCUT2D eigenvalue weighted by Gasteiger charge is -2.32. The van der Waals surface area contributed by atoms with Crippen molar-refractivity contribution in [1.82, 2.24) is 4.90 Å². The minimum Gasteiger partial charge on any atom is -0.372 e. The molecule has 1 saturated heterocycles. The Morgan fingerprint density at radius 3 is 2.50 bits per heavy atom. The highest BCUT2D eigenvalue weighted by Crippen LogP contribution is 2.30. The lowest BCUT2D eigenvalue weighted by atomic mass is 9.97. The highest BCUT2D eigenvalue weighted by atomic mass is 16.2. The molecule has 0 atom stereocenters. The highest BCUT2D eigenvalue weighted by molar-refractivity contribution is 5.79. The van der Waals surface area contributed by atoms with Crippen LogP contribution < -0.4 is 4.90 Å². The molecular formula is C19H26N2O. The summed E-state index contributed by atoms with van der Waals surface area (Å²) in [5.41, 5.74) is 4.20. The molecule has 2 fully saturated rings. The average Bonchev–Trinajstić information content (AvgIpc) is 3.26. The van der Waals surface area contributed by atoms with Crippen LogP contribution in [0.5, 0.6) is 0 Å². The SMILES string of the molecule is O=C(C1CCCC1)N1CCc2cc(N3CCCC3)ccc2C1. The Bertz CT molecular complexity index is 557. The molecule has 3 aliphatic rings. The minimum atomic E-state index is 0.311. The molecule has 1 amide bonds. The number of benzene rings is 1. The minimum absolute atomic E-state index is 0.311. The van der Waals surface area contributed by atoms with Crippen LogP contribution in [0.25, 0.3) is 0 Å². The molecular weight excluding hydrogens is 272 g/mol. The van der Waals surface area contributed by atoms with Gasteiger partial charge < -0.3 is 9.80 Å². The molecule has 0 unspecified atom stereocenters. The smallest absolute Gasteiger partial charge is 0.225 e. The molecule has 1 aromatic carbocycles. The number of carbonyl (C=O) groups is 1. The maximum absolute atomic E-state index is 12.6. The van der Waals surface area contributed by atoms with Gasteiger partial charge in [0.2, 0.25) is 5.91 Å². The third-order valence-corrected chi connectivity index (χ3v) is 5.69. The highest BCUT2D eigenvalue weighted by Gasteiger charge is 2.29. The Hall–Kier alpha value is -1.51. The van der Waals surface area contributed by atoms with E-state index in [1.165, 1.54) is 55.6 Å². The monoisotopic (exact) mass is 298 g/mol. The first-order valence-electron chi connectivity index (χ1n) is 8.97. The number of carbonyl (C=O) groups excluding carboxylic acids is 1. The van der Waals surface area contributed by atoms with Crippen LogP contribution in [0.3, 0.4) is 0 Å². The Morgan fingerprint density at radius 2 is 1.73 bits per heavy atom. The lowest BCUT2D eigenvalue weighted by Crippen LogP contribution is -2.39. The van der Waals surface area contributed by atoms with Crippen molar-refractivity contribution in [2.45, 2.75) is 51.5 Å². The predicted molar refractivity (Wildman–Crippen MR) is 89.0 cm³/mol. The molecule has 22 heavy (non-hydrogen) atoms. The Morgan fingerprint density at radius 1 is 0.955 bits per heavy atom. The largest absolute Gasteiger partial charge is 0.372 e. The lowest BCUT2D eigenvalue weighted by molar-refractivity contribution is -0.136. The molecule has 0 bridgehead atoms. The van der Waals surface area contributed by atoms with Crippen LogP contribution in [0, 0.1) is 5.92 Å². The normalized spacial score (nSPS) is 22.2. The number of fused-ring (bicyclic) bond motifs is 1. The molecule has 0 radical (unpaired) electrons.